The molecule has 0 aromatic carbocycles. The van der Waals surface area contributed by atoms with Gasteiger partial charge in [-0.3, -0.25) is 0 Å². The van der Waals surface area contributed by atoms with E-state index in [0.29, 0.717) is 12.6 Å². The van der Waals surface area contributed by atoms with Crippen molar-refractivity contribution >= 4 is 27.8 Å². The highest BCUT2D eigenvalue weighted by Crippen LogP contribution is 2.29. The maximum absolute atomic E-state index is 5.56. The van der Waals surface area contributed by atoms with Gasteiger partial charge in [-0.15, -0.1) is 22.7 Å². The molecule has 2 rings (SSSR count). The van der Waals surface area contributed by atoms with Crippen molar-refractivity contribution in [2.45, 2.75) is 19.5 Å². The molecule has 0 spiro atoms. The van der Waals surface area contributed by atoms with Crippen LogP contribution in [0.4, 0.5) is 5.13 Å². The molecule has 86 valence electrons. The Morgan fingerprint density at radius 3 is 2.88 bits per heavy atom. The zero-order valence-electron chi connectivity index (χ0n) is 9.38. The highest BCUT2D eigenvalue weighted by molar-refractivity contribution is 7.13. The number of rotatable bonds is 4. The molecule has 2 aromatic rings. The summed E-state index contributed by atoms with van der Waals surface area (Å²) < 4.78 is 0. The molecular formula is C11H15N3S2. The van der Waals surface area contributed by atoms with Crippen LogP contribution in [0.1, 0.15) is 23.5 Å². The Balaban J connectivity index is 2.15. The molecule has 1 unspecified atom stereocenters. The second-order valence-electron chi connectivity index (χ2n) is 3.63. The third-order valence-corrected chi connectivity index (χ3v) is 4.61. The van der Waals surface area contributed by atoms with Crippen molar-refractivity contribution in [3.8, 4) is 0 Å². The van der Waals surface area contributed by atoms with Gasteiger partial charge in [-0.1, -0.05) is 6.07 Å². The lowest BCUT2D eigenvalue weighted by Gasteiger charge is -2.23. The van der Waals surface area contributed by atoms with Crippen molar-refractivity contribution in [1.29, 1.82) is 0 Å². The zero-order chi connectivity index (χ0) is 11.5. The Bertz CT molecular complexity index is 436. The van der Waals surface area contributed by atoms with E-state index in [2.05, 4.69) is 41.4 Å². The molecule has 0 saturated heterocycles. The van der Waals surface area contributed by atoms with Crippen LogP contribution in [0, 0.1) is 0 Å². The number of hydrogen-bond donors (Lipinski definition) is 1. The summed E-state index contributed by atoms with van der Waals surface area (Å²) in [6, 6.07) is 4.60. The fourth-order valence-corrected chi connectivity index (χ4v) is 3.15. The standard InChI is InChI=1S/C11H15N3S2/c1-8(10-4-3-5-15-10)14(2)11-13-9(6-12)7-16-11/h3-5,7-8H,6,12H2,1-2H3. The van der Waals surface area contributed by atoms with Gasteiger partial charge in [0.05, 0.1) is 11.7 Å². The summed E-state index contributed by atoms with van der Waals surface area (Å²) in [5.74, 6) is 0. The highest BCUT2D eigenvalue weighted by atomic mass is 32.1. The van der Waals surface area contributed by atoms with Crippen molar-refractivity contribution in [2.75, 3.05) is 11.9 Å². The number of anilines is 1. The first-order chi connectivity index (χ1) is 7.72. The molecule has 0 bridgehead atoms. The molecule has 5 heteroatoms. The van der Waals surface area contributed by atoms with Gasteiger partial charge in [0.1, 0.15) is 0 Å². The minimum atomic E-state index is 0.358. The second kappa shape index (κ2) is 4.95. The number of hydrogen-bond acceptors (Lipinski definition) is 5. The van der Waals surface area contributed by atoms with Crippen LogP contribution in [-0.2, 0) is 6.54 Å². The summed E-state index contributed by atoms with van der Waals surface area (Å²) in [6.07, 6.45) is 0. The van der Waals surface area contributed by atoms with Crippen molar-refractivity contribution in [1.82, 2.24) is 4.98 Å². The number of thiophene rings is 1. The maximum atomic E-state index is 5.56. The molecule has 2 heterocycles. The van der Waals surface area contributed by atoms with Crippen molar-refractivity contribution in [3.05, 3.63) is 33.5 Å². The van der Waals surface area contributed by atoms with Gasteiger partial charge in [-0.25, -0.2) is 4.98 Å². The van der Waals surface area contributed by atoms with Crippen LogP contribution in [-0.4, -0.2) is 12.0 Å². The number of thiazole rings is 1. The molecule has 3 nitrogen and oxygen atoms in total. The van der Waals surface area contributed by atoms with Crippen molar-refractivity contribution in [3.63, 3.8) is 0 Å². The highest BCUT2D eigenvalue weighted by Gasteiger charge is 2.15. The predicted molar refractivity (Wildman–Crippen MR) is 71.1 cm³/mol. The molecule has 2 aromatic heterocycles. The van der Waals surface area contributed by atoms with Gasteiger partial charge in [-0.2, -0.15) is 0 Å². The summed E-state index contributed by atoms with van der Waals surface area (Å²) in [4.78, 5) is 8.03. The molecule has 0 amide bonds. The van der Waals surface area contributed by atoms with Gasteiger partial charge < -0.3 is 10.6 Å². The second-order valence-corrected chi connectivity index (χ2v) is 5.44. The molecule has 16 heavy (non-hydrogen) atoms. The first-order valence-corrected chi connectivity index (χ1v) is 6.89. The topological polar surface area (TPSA) is 42.2 Å². The Labute approximate surface area is 104 Å². The van der Waals surface area contributed by atoms with Crippen LogP contribution < -0.4 is 10.6 Å². The third kappa shape index (κ3) is 2.26. The lowest BCUT2D eigenvalue weighted by atomic mass is 10.2. The lowest BCUT2D eigenvalue weighted by Crippen LogP contribution is -2.20. The number of nitrogens with two attached hydrogens (primary N) is 1. The molecule has 0 radical (unpaired) electrons. The molecule has 0 fully saturated rings. The van der Waals surface area contributed by atoms with Crippen molar-refractivity contribution < 1.29 is 0 Å². The molecule has 0 aliphatic carbocycles. The average molecular weight is 253 g/mol. The summed E-state index contributed by atoms with van der Waals surface area (Å²) >= 11 is 3.42. The summed E-state index contributed by atoms with van der Waals surface area (Å²) in [5.41, 5.74) is 6.52. The Morgan fingerprint density at radius 2 is 2.31 bits per heavy atom. The smallest absolute Gasteiger partial charge is 0.185 e. The van der Waals surface area contributed by atoms with Crippen LogP contribution in [0.3, 0.4) is 0 Å². The fourth-order valence-electron chi connectivity index (χ4n) is 1.44. The number of nitrogens with zero attached hydrogens (tertiary/aromatic N) is 2. The van der Waals surface area contributed by atoms with E-state index in [1.165, 1.54) is 4.88 Å². The quantitative estimate of drug-likeness (QED) is 0.911. The Hall–Kier alpha value is -0.910. The third-order valence-electron chi connectivity index (χ3n) is 2.59. The van der Waals surface area contributed by atoms with Crippen LogP contribution in [0.25, 0.3) is 0 Å². The van der Waals surface area contributed by atoms with E-state index >= 15 is 0 Å². The van der Waals surface area contributed by atoms with Gasteiger partial charge in [0.2, 0.25) is 0 Å². The van der Waals surface area contributed by atoms with Crippen LogP contribution >= 0.6 is 22.7 Å². The van der Waals surface area contributed by atoms with E-state index in [9.17, 15) is 0 Å². The van der Waals surface area contributed by atoms with Crippen LogP contribution in [0.15, 0.2) is 22.9 Å². The Morgan fingerprint density at radius 1 is 1.50 bits per heavy atom. The normalized spacial score (nSPS) is 12.7. The molecule has 0 saturated carbocycles. The first-order valence-electron chi connectivity index (χ1n) is 5.13. The van der Waals surface area contributed by atoms with Gasteiger partial charge in [-0.05, 0) is 18.4 Å². The zero-order valence-corrected chi connectivity index (χ0v) is 11.0. The van der Waals surface area contributed by atoms with Crippen LogP contribution in [0.5, 0.6) is 0 Å². The monoisotopic (exact) mass is 253 g/mol. The minimum Gasteiger partial charge on any atom is -0.344 e. The lowest BCUT2D eigenvalue weighted by molar-refractivity contribution is 0.748. The SMILES string of the molecule is CC(c1cccs1)N(C)c1nc(CN)cs1. The van der Waals surface area contributed by atoms with E-state index in [0.717, 1.165) is 10.8 Å². The molecule has 2 N–H and O–H groups in total. The van der Waals surface area contributed by atoms with Gasteiger partial charge in [0, 0.05) is 23.8 Å². The van der Waals surface area contributed by atoms with E-state index < -0.39 is 0 Å². The summed E-state index contributed by atoms with van der Waals surface area (Å²) in [6.45, 7) is 2.70. The van der Waals surface area contributed by atoms with E-state index in [1.807, 2.05) is 5.38 Å². The molecular weight excluding hydrogens is 238 g/mol. The molecule has 1 atom stereocenters. The van der Waals surface area contributed by atoms with E-state index in [4.69, 9.17) is 5.73 Å². The average Bonchev–Trinajstić information content (AvgIpc) is 2.97. The van der Waals surface area contributed by atoms with Gasteiger partial charge in [0.25, 0.3) is 0 Å². The Kier molecular flexibility index (Phi) is 3.58. The minimum absolute atomic E-state index is 0.358. The first kappa shape index (κ1) is 11.6. The largest absolute Gasteiger partial charge is 0.344 e. The van der Waals surface area contributed by atoms with Crippen molar-refractivity contribution in [2.24, 2.45) is 5.73 Å². The summed E-state index contributed by atoms with van der Waals surface area (Å²) in [7, 11) is 2.07. The number of aromatic nitrogens is 1. The van der Waals surface area contributed by atoms with Crippen LogP contribution in [0.2, 0.25) is 0 Å². The fraction of sp³-hybridized carbons (Fsp3) is 0.364. The van der Waals surface area contributed by atoms with E-state index in [1.54, 1.807) is 22.7 Å². The maximum Gasteiger partial charge on any atom is 0.185 e. The summed E-state index contributed by atoms with van der Waals surface area (Å²) in [5, 5.41) is 5.15. The van der Waals surface area contributed by atoms with E-state index in [-0.39, 0.29) is 0 Å². The molecule has 0 aliphatic heterocycles. The predicted octanol–water partition coefficient (Wildman–Crippen LogP) is 2.86. The molecule has 0 aliphatic rings. The van der Waals surface area contributed by atoms with Gasteiger partial charge in [0.15, 0.2) is 5.13 Å². The van der Waals surface area contributed by atoms with Gasteiger partial charge >= 0.3 is 0 Å².